The zero-order valence-electron chi connectivity index (χ0n) is 12.7. The summed E-state index contributed by atoms with van der Waals surface area (Å²) < 4.78 is 6.80. The van der Waals surface area contributed by atoms with Gasteiger partial charge in [-0.25, -0.2) is 4.79 Å². The normalized spacial score (nSPS) is 17.0. The van der Waals surface area contributed by atoms with Crippen molar-refractivity contribution in [1.29, 1.82) is 0 Å². The maximum atomic E-state index is 12.4. The number of carbonyl (C=O) groups excluding carboxylic acids is 1. The molecule has 1 aromatic heterocycles. The molecule has 1 N–H and O–H groups in total. The largest absolute Gasteiger partial charge is 0.463 e. The van der Waals surface area contributed by atoms with E-state index < -0.39 is 6.04 Å². The van der Waals surface area contributed by atoms with Gasteiger partial charge in [0, 0.05) is 5.70 Å². The molecule has 0 spiro atoms. The third-order valence-corrected chi connectivity index (χ3v) is 3.60. The molecular weight excluding hydrogens is 282 g/mol. The van der Waals surface area contributed by atoms with Gasteiger partial charge in [0.1, 0.15) is 6.04 Å². The molecule has 114 valence electrons. The number of allylic oxidation sites excluding steroid dienone is 1. The zero-order valence-corrected chi connectivity index (χ0v) is 12.7. The minimum Gasteiger partial charge on any atom is -0.463 e. The van der Waals surface area contributed by atoms with E-state index in [-0.39, 0.29) is 5.97 Å². The summed E-state index contributed by atoms with van der Waals surface area (Å²) in [7, 11) is 0. The summed E-state index contributed by atoms with van der Waals surface area (Å²) in [5, 5.41) is 14.7. The van der Waals surface area contributed by atoms with Gasteiger partial charge in [0.15, 0.2) is 0 Å². The molecule has 1 aromatic carbocycles. The molecular formula is C15H17N5O2. The third kappa shape index (κ3) is 2.34. The lowest BCUT2D eigenvalue weighted by Crippen LogP contribution is -2.29. The molecule has 0 unspecified atom stereocenters. The van der Waals surface area contributed by atoms with Crippen LogP contribution in [0.25, 0.3) is 0 Å². The highest BCUT2D eigenvalue weighted by Crippen LogP contribution is 2.34. The molecule has 0 saturated carbocycles. The highest BCUT2D eigenvalue weighted by atomic mass is 16.5. The Hall–Kier alpha value is -2.70. The summed E-state index contributed by atoms with van der Waals surface area (Å²) in [6.45, 7) is 5.94. The predicted octanol–water partition coefficient (Wildman–Crippen LogP) is 1.83. The number of anilines is 1. The number of aromatic nitrogens is 4. The van der Waals surface area contributed by atoms with Gasteiger partial charge in [-0.15, -0.1) is 0 Å². The molecule has 22 heavy (non-hydrogen) atoms. The smallest absolute Gasteiger partial charge is 0.338 e. The molecule has 1 atom stereocenters. The van der Waals surface area contributed by atoms with Crippen molar-refractivity contribution < 1.29 is 9.53 Å². The van der Waals surface area contributed by atoms with Gasteiger partial charge >= 0.3 is 5.97 Å². The van der Waals surface area contributed by atoms with Crippen LogP contribution in [0.5, 0.6) is 0 Å². The first-order chi connectivity index (χ1) is 10.6. The van der Waals surface area contributed by atoms with Gasteiger partial charge in [0.2, 0.25) is 5.95 Å². The van der Waals surface area contributed by atoms with Crippen molar-refractivity contribution in [3.63, 3.8) is 0 Å². The second-order valence-electron chi connectivity index (χ2n) is 5.14. The number of nitrogens with zero attached hydrogens (tertiary/aromatic N) is 4. The van der Waals surface area contributed by atoms with Crippen LogP contribution in [0.15, 0.2) is 35.5 Å². The first-order valence-corrected chi connectivity index (χ1v) is 7.11. The van der Waals surface area contributed by atoms with E-state index >= 15 is 0 Å². The van der Waals surface area contributed by atoms with Crippen molar-refractivity contribution in [2.45, 2.75) is 26.8 Å². The molecule has 0 saturated heterocycles. The Balaban J connectivity index is 2.13. The first kappa shape index (κ1) is 14.2. The molecule has 1 aliphatic rings. The Bertz CT molecular complexity index is 733. The lowest BCUT2D eigenvalue weighted by Gasteiger charge is -2.27. The molecule has 0 bridgehead atoms. The van der Waals surface area contributed by atoms with Crippen LogP contribution in [-0.4, -0.2) is 32.8 Å². The molecule has 2 heterocycles. The van der Waals surface area contributed by atoms with Crippen molar-refractivity contribution in [3.8, 4) is 0 Å². The van der Waals surface area contributed by atoms with Crippen molar-refractivity contribution >= 4 is 11.9 Å². The fourth-order valence-corrected chi connectivity index (χ4v) is 2.54. The SMILES string of the molecule is CCOC(=O)C1=C(C)Nc2nnnn2[C@H]1c1ccc(C)cc1. The highest BCUT2D eigenvalue weighted by molar-refractivity contribution is 5.92. The van der Waals surface area contributed by atoms with Crippen LogP contribution in [0.3, 0.4) is 0 Å². The number of nitrogens with one attached hydrogen (secondary N) is 1. The predicted molar refractivity (Wildman–Crippen MR) is 80.1 cm³/mol. The van der Waals surface area contributed by atoms with Crippen LogP contribution >= 0.6 is 0 Å². The first-order valence-electron chi connectivity index (χ1n) is 7.11. The summed E-state index contributed by atoms with van der Waals surface area (Å²) in [5.74, 6) is 0.148. The lowest BCUT2D eigenvalue weighted by molar-refractivity contribution is -0.139. The second-order valence-corrected chi connectivity index (χ2v) is 5.14. The second kappa shape index (κ2) is 5.59. The minimum absolute atomic E-state index is 0.318. The maximum Gasteiger partial charge on any atom is 0.338 e. The number of rotatable bonds is 3. The van der Waals surface area contributed by atoms with E-state index in [9.17, 15) is 4.79 Å². The molecule has 3 rings (SSSR count). The van der Waals surface area contributed by atoms with Gasteiger partial charge in [-0.3, -0.25) is 0 Å². The summed E-state index contributed by atoms with van der Waals surface area (Å²) in [4.78, 5) is 12.4. The molecule has 0 amide bonds. The fraction of sp³-hybridized carbons (Fsp3) is 0.333. The number of esters is 1. The van der Waals surface area contributed by atoms with Crippen LogP contribution < -0.4 is 5.32 Å². The molecule has 0 radical (unpaired) electrons. The van der Waals surface area contributed by atoms with Crippen molar-refractivity contribution in [3.05, 3.63) is 46.7 Å². The van der Waals surface area contributed by atoms with Crippen LogP contribution in [0.2, 0.25) is 0 Å². The monoisotopic (exact) mass is 299 g/mol. The lowest BCUT2D eigenvalue weighted by atomic mass is 9.95. The van der Waals surface area contributed by atoms with E-state index in [0.717, 1.165) is 11.1 Å². The number of carbonyl (C=O) groups is 1. The van der Waals surface area contributed by atoms with E-state index in [4.69, 9.17) is 4.74 Å². The summed E-state index contributed by atoms with van der Waals surface area (Å²) in [6, 6.07) is 7.55. The van der Waals surface area contributed by atoms with Crippen molar-refractivity contribution in [1.82, 2.24) is 20.2 Å². The summed E-state index contributed by atoms with van der Waals surface area (Å²) >= 11 is 0. The van der Waals surface area contributed by atoms with E-state index in [1.54, 1.807) is 11.6 Å². The van der Waals surface area contributed by atoms with Crippen LogP contribution in [0.1, 0.15) is 31.0 Å². The van der Waals surface area contributed by atoms with Gasteiger partial charge in [0.25, 0.3) is 0 Å². The van der Waals surface area contributed by atoms with Crippen molar-refractivity contribution in [2.24, 2.45) is 0 Å². The topological polar surface area (TPSA) is 81.9 Å². The Morgan fingerprint density at radius 1 is 1.32 bits per heavy atom. The Labute approximate surface area is 128 Å². The highest BCUT2D eigenvalue weighted by Gasteiger charge is 2.34. The van der Waals surface area contributed by atoms with Gasteiger partial charge in [0.05, 0.1) is 12.2 Å². The molecule has 7 heteroatoms. The number of tetrazole rings is 1. The third-order valence-electron chi connectivity index (χ3n) is 3.60. The van der Waals surface area contributed by atoms with Gasteiger partial charge < -0.3 is 10.1 Å². The maximum absolute atomic E-state index is 12.4. The summed E-state index contributed by atoms with van der Waals surface area (Å²) in [5.41, 5.74) is 3.30. The van der Waals surface area contributed by atoms with E-state index in [1.807, 2.05) is 38.1 Å². The van der Waals surface area contributed by atoms with E-state index in [2.05, 4.69) is 20.8 Å². The quantitative estimate of drug-likeness (QED) is 0.871. The summed E-state index contributed by atoms with van der Waals surface area (Å²) in [6.07, 6.45) is 0. The average Bonchev–Trinajstić information content (AvgIpc) is 2.94. The average molecular weight is 299 g/mol. The molecule has 1 aliphatic heterocycles. The van der Waals surface area contributed by atoms with E-state index in [1.165, 1.54) is 0 Å². The van der Waals surface area contributed by atoms with Crippen molar-refractivity contribution in [2.75, 3.05) is 11.9 Å². The number of hydrogen-bond donors (Lipinski definition) is 1. The molecule has 7 nitrogen and oxygen atoms in total. The van der Waals surface area contributed by atoms with Gasteiger partial charge in [-0.2, -0.15) is 4.68 Å². The zero-order chi connectivity index (χ0) is 15.7. The van der Waals surface area contributed by atoms with Crippen LogP contribution in [-0.2, 0) is 9.53 Å². The van der Waals surface area contributed by atoms with Crippen LogP contribution in [0, 0.1) is 6.92 Å². The number of benzene rings is 1. The standard InChI is InChI=1S/C15H17N5O2/c1-4-22-14(21)12-10(3)16-15-17-18-19-20(15)13(12)11-7-5-9(2)6-8-11/h5-8,13H,4H2,1-3H3,(H,16,17,19)/t13-/m0/s1. The number of ether oxygens (including phenoxy) is 1. The number of aryl methyl sites for hydroxylation is 1. The number of hydrogen-bond acceptors (Lipinski definition) is 6. The molecule has 0 aliphatic carbocycles. The molecule has 0 fully saturated rings. The fourth-order valence-electron chi connectivity index (χ4n) is 2.54. The Morgan fingerprint density at radius 2 is 2.05 bits per heavy atom. The molecule has 2 aromatic rings. The Morgan fingerprint density at radius 3 is 2.73 bits per heavy atom. The Kier molecular flexibility index (Phi) is 3.62. The van der Waals surface area contributed by atoms with Gasteiger partial charge in [-0.05, 0) is 36.8 Å². The van der Waals surface area contributed by atoms with E-state index in [0.29, 0.717) is 23.8 Å². The number of fused-ring (bicyclic) bond motifs is 1. The minimum atomic E-state index is -0.397. The van der Waals surface area contributed by atoms with Crippen LogP contribution in [0.4, 0.5) is 5.95 Å². The van der Waals surface area contributed by atoms with Gasteiger partial charge in [-0.1, -0.05) is 34.9 Å².